The first-order chi connectivity index (χ1) is 11.7. The number of thiophene rings is 1. The van der Waals surface area contributed by atoms with E-state index in [2.05, 4.69) is 17.2 Å². The number of anilines is 1. The second-order valence-corrected chi connectivity index (χ2v) is 6.94. The van der Waals surface area contributed by atoms with Crippen LogP contribution in [-0.2, 0) is 0 Å². The van der Waals surface area contributed by atoms with Crippen LogP contribution in [0.3, 0.4) is 0 Å². The predicted molar refractivity (Wildman–Crippen MR) is 95.4 cm³/mol. The van der Waals surface area contributed by atoms with Crippen molar-refractivity contribution in [1.29, 1.82) is 0 Å². The number of piperidine rings is 1. The van der Waals surface area contributed by atoms with E-state index in [9.17, 15) is 9.59 Å². The van der Waals surface area contributed by atoms with Gasteiger partial charge in [-0.05, 0) is 42.3 Å². The van der Waals surface area contributed by atoms with E-state index in [-0.39, 0.29) is 11.8 Å². The molecule has 5 nitrogen and oxygen atoms in total. The highest BCUT2D eigenvalue weighted by molar-refractivity contribution is 7.12. The van der Waals surface area contributed by atoms with Gasteiger partial charge in [-0.3, -0.25) is 14.6 Å². The van der Waals surface area contributed by atoms with E-state index in [0.717, 1.165) is 25.9 Å². The minimum absolute atomic E-state index is 0.0215. The number of aromatic nitrogens is 1. The van der Waals surface area contributed by atoms with Crippen molar-refractivity contribution in [2.75, 3.05) is 18.4 Å². The van der Waals surface area contributed by atoms with Gasteiger partial charge in [0.25, 0.3) is 11.8 Å². The Morgan fingerprint density at radius 1 is 1.33 bits per heavy atom. The zero-order chi connectivity index (χ0) is 16.9. The minimum Gasteiger partial charge on any atom is -0.338 e. The van der Waals surface area contributed by atoms with Crippen LogP contribution >= 0.6 is 11.3 Å². The fourth-order valence-electron chi connectivity index (χ4n) is 3.00. The molecule has 3 heterocycles. The zero-order valence-corrected chi connectivity index (χ0v) is 14.5. The summed E-state index contributed by atoms with van der Waals surface area (Å²) in [5.41, 5.74) is 1.11. The molecule has 1 aliphatic heterocycles. The molecule has 0 aliphatic carbocycles. The van der Waals surface area contributed by atoms with Gasteiger partial charge in [0.1, 0.15) is 4.88 Å². The third kappa shape index (κ3) is 3.64. The van der Waals surface area contributed by atoms with Gasteiger partial charge in [-0.25, -0.2) is 0 Å². The summed E-state index contributed by atoms with van der Waals surface area (Å²) in [6, 6.07) is 5.09. The molecule has 1 N–H and O–H groups in total. The molecule has 2 amide bonds. The van der Waals surface area contributed by atoms with Crippen molar-refractivity contribution in [3.8, 4) is 0 Å². The molecule has 3 rings (SSSR count). The van der Waals surface area contributed by atoms with Crippen LogP contribution in [0.4, 0.5) is 5.69 Å². The average molecular weight is 343 g/mol. The Morgan fingerprint density at radius 2 is 2.12 bits per heavy atom. The molecule has 24 heavy (non-hydrogen) atoms. The molecular formula is C18H21N3O2S. The molecule has 0 bridgehead atoms. The van der Waals surface area contributed by atoms with E-state index in [1.807, 2.05) is 10.3 Å². The molecule has 2 aromatic heterocycles. The Labute approximate surface area is 145 Å². The number of carbonyl (C=O) groups excluding carboxylic acids is 2. The number of hydrogen-bond donors (Lipinski definition) is 1. The Kier molecular flexibility index (Phi) is 5.25. The number of rotatable bonds is 4. The lowest BCUT2D eigenvalue weighted by Crippen LogP contribution is -2.39. The summed E-state index contributed by atoms with van der Waals surface area (Å²) in [5, 5.41) is 4.69. The number of nitrogens with zero attached hydrogens (tertiary/aromatic N) is 2. The summed E-state index contributed by atoms with van der Waals surface area (Å²) < 4.78 is 0. The molecule has 126 valence electrons. The molecule has 6 heteroatoms. The Bertz CT molecular complexity index is 714. The molecule has 1 atom stereocenters. The molecule has 1 aliphatic rings. The first-order valence-electron chi connectivity index (χ1n) is 8.27. The van der Waals surface area contributed by atoms with Gasteiger partial charge in [0, 0.05) is 31.0 Å². The summed E-state index contributed by atoms with van der Waals surface area (Å²) in [4.78, 5) is 31.6. The molecule has 1 saturated heterocycles. The monoisotopic (exact) mass is 343 g/mol. The highest BCUT2D eigenvalue weighted by atomic mass is 32.1. The van der Waals surface area contributed by atoms with Crippen LogP contribution in [0, 0.1) is 5.92 Å². The van der Waals surface area contributed by atoms with E-state index in [0.29, 0.717) is 22.0 Å². The zero-order valence-electron chi connectivity index (χ0n) is 13.7. The van der Waals surface area contributed by atoms with Gasteiger partial charge in [-0.15, -0.1) is 11.3 Å². The summed E-state index contributed by atoms with van der Waals surface area (Å²) in [6.07, 6.45) is 6.49. The quantitative estimate of drug-likeness (QED) is 0.921. The third-order valence-electron chi connectivity index (χ3n) is 4.43. The van der Waals surface area contributed by atoms with Gasteiger partial charge in [0.05, 0.1) is 5.69 Å². The van der Waals surface area contributed by atoms with Gasteiger partial charge in [0.2, 0.25) is 0 Å². The smallest absolute Gasteiger partial charge is 0.266 e. The standard InChI is InChI=1S/C18H21N3O2S/c1-2-13-4-3-10-21(12-13)18(23)16-15(7-11-24-16)20-17(22)14-5-8-19-9-6-14/h5-9,11,13H,2-4,10,12H2,1H3,(H,20,22)/t13-/m0/s1. The SMILES string of the molecule is CC[C@H]1CCCN(C(=O)c2sccc2NC(=O)c2ccncc2)C1. The van der Waals surface area contributed by atoms with Crippen LogP contribution in [0.5, 0.6) is 0 Å². The molecule has 0 spiro atoms. The summed E-state index contributed by atoms with van der Waals surface area (Å²) in [5.74, 6) is 0.376. The largest absolute Gasteiger partial charge is 0.338 e. The lowest BCUT2D eigenvalue weighted by molar-refractivity contribution is 0.0677. The van der Waals surface area contributed by atoms with E-state index < -0.39 is 0 Å². The predicted octanol–water partition coefficient (Wildman–Crippen LogP) is 3.66. The van der Waals surface area contributed by atoms with Gasteiger partial charge < -0.3 is 10.2 Å². The molecule has 0 radical (unpaired) electrons. The van der Waals surface area contributed by atoms with Crippen molar-refractivity contribution in [3.05, 3.63) is 46.4 Å². The van der Waals surface area contributed by atoms with Crippen molar-refractivity contribution in [2.45, 2.75) is 26.2 Å². The lowest BCUT2D eigenvalue weighted by Gasteiger charge is -2.32. The number of amides is 2. The van der Waals surface area contributed by atoms with Gasteiger partial charge in [0.15, 0.2) is 0 Å². The fourth-order valence-corrected chi connectivity index (χ4v) is 3.81. The molecular weight excluding hydrogens is 322 g/mol. The van der Waals surface area contributed by atoms with Crippen LogP contribution in [0.25, 0.3) is 0 Å². The molecule has 1 fully saturated rings. The average Bonchev–Trinajstić information content (AvgIpc) is 3.10. The van der Waals surface area contributed by atoms with Crippen molar-refractivity contribution >= 4 is 28.8 Å². The van der Waals surface area contributed by atoms with Crippen LogP contribution < -0.4 is 5.32 Å². The van der Waals surface area contributed by atoms with Crippen molar-refractivity contribution in [2.24, 2.45) is 5.92 Å². The lowest BCUT2D eigenvalue weighted by atomic mass is 9.95. The van der Waals surface area contributed by atoms with Gasteiger partial charge in [-0.2, -0.15) is 0 Å². The summed E-state index contributed by atoms with van der Waals surface area (Å²) >= 11 is 1.38. The maximum atomic E-state index is 12.8. The number of pyridine rings is 1. The first kappa shape index (κ1) is 16.6. The van der Waals surface area contributed by atoms with E-state index >= 15 is 0 Å². The van der Waals surface area contributed by atoms with Crippen molar-refractivity contribution in [1.82, 2.24) is 9.88 Å². The molecule has 0 aromatic carbocycles. The summed E-state index contributed by atoms with van der Waals surface area (Å²) in [7, 11) is 0. The first-order valence-corrected chi connectivity index (χ1v) is 9.15. The van der Waals surface area contributed by atoms with Gasteiger partial charge >= 0.3 is 0 Å². The number of carbonyl (C=O) groups is 2. The minimum atomic E-state index is -0.227. The van der Waals surface area contributed by atoms with E-state index in [1.165, 1.54) is 17.8 Å². The van der Waals surface area contributed by atoms with Crippen molar-refractivity contribution in [3.63, 3.8) is 0 Å². The molecule has 2 aromatic rings. The number of likely N-dealkylation sites (tertiary alicyclic amines) is 1. The van der Waals surface area contributed by atoms with Crippen LogP contribution in [-0.4, -0.2) is 34.8 Å². The van der Waals surface area contributed by atoms with Crippen LogP contribution in [0.15, 0.2) is 36.0 Å². The topological polar surface area (TPSA) is 62.3 Å². The Morgan fingerprint density at radius 3 is 2.88 bits per heavy atom. The van der Waals surface area contributed by atoms with E-state index in [1.54, 1.807) is 30.6 Å². The second-order valence-electron chi connectivity index (χ2n) is 6.02. The normalized spacial score (nSPS) is 17.5. The highest BCUT2D eigenvalue weighted by Crippen LogP contribution is 2.27. The molecule has 0 unspecified atom stereocenters. The van der Waals surface area contributed by atoms with Gasteiger partial charge in [-0.1, -0.05) is 13.3 Å². The number of nitrogens with one attached hydrogen (secondary N) is 1. The number of hydrogen-bond acceptors (Lipinski definition) is 4. The highest BCUT2D eigenvalue weighted by Gasteiger charge is 2.26. The maximum absolute atomic E-state index is 12.8. The van der Waals surface area contributed by atoms with Crippen molar-refractivity contribution < 1.29 is 9.59 Å². The maximum Gasteiger partial charge on any atom is 0.266 e. The van der Waals surface area contributed by atoms with Crippen LogP contribution in [0.2, 0.25) is 0 Å². The van der Waals surface area contributed by atoms with E-state index in [4.69, 9.17) is 0 Å². The van der Waals surface area contributed by atoms with Crippen LogP contribution in [0.1, 0.15) is 46.2 Å². The fraction of sp³-hybridized carbons (Fsp3) is 0.389. The third-order valence-corrected chi connectivity index (χ3v) is 5.34. The Hall–Kier alpha value is -2.21. The summed E-state index contributed by atoms with van der Waals surface area (Å²) in [6.45, 7) is 3.78. The Balaban J connectivity index is 1.73. The second kappa shape index (κ2) is 7.57. The molecule has 0 saturated carbocycles.